The summed E-state index contributed by atoms with van der Waals surface area (Å²) in [7, 11) is 0. The first-order valence-electron chi connectivity index (χ1n) is 11.3. The molecule has 0 spiro atoms. The van der Waals surface area contributed by atoms with Gasteiger partial charge in [0, 0.05) is 39.3 Å². The molecular formula is C25H28F3N3O2. The van der Waals surface area contributed by atoms with Gasteiger partial charge in [-0.05, 0) is 36.1 Å². The topological polar surface area (TPSA) is 43.9 Å². The normalized spacial score (nSPS) is 19.7. The van der Waals surface area contributed by atoms with Gasteiger partial charge in [-0.25, -0.2) is 0 Å². The highest BCUT2D eigenvalue weighted by molar-refractivity contribution is 5.89. The van der Waals surface area contributed by atoms with Crippen molar-refractivity contribution in [2.45, 2.75) is 38.0 Å². The predicted octanol–water partition coefficient (Wildman–Crippen LogP) is 3.58. The van der Waals surface area contributed by atoms with Gasteiger partial charge in [-0.2, -0.15) is 13.2 Å². The van der Waals surface area contributed by atoms with Crippen LogP contribution in [0.25, 0.3) is 0 Å². The Balaban J connectivity index is 1.29. The smallest absolute Gasteiger partial charge is 0.338 e. The van der Waals surface area contributed by atoms with Crippen molar-refractivity contribution in [3.8, 4) is 0 Å². The third-order valence-corrected chi connectivity index (χ3v) is 6.43. The number of hydrogen-bond donors (Lipinski definition) is 0. The Bertz CT molecular complexity index is 955. The van der Waals surface area contributed by atoms with Crippen LogP contribution < -0.4 is 0 Å². The van der Waals surface area contributed by atoms with Gasteiger partial charge in [0.05, 0.1) is 12.0 Å². The minimum absolute atomic E-state index is 0.00286. The van der Waals surface area contributed by atoms with Gasteiger partial charge in [0.15, 0.2) is 0 Å². The van der Waals surface area contributed by atoms with Gasteiger partial charge < -0.3 is 9.80 Å². The Morgan fingerprint density at radius 1 is 0.848 bits per heavy atom. The fourth-order valence-corrected chi connectivity index (χ4v) is 4.59. The molecule has 2 heterocycles. The number of carbonyl (C=O) groups is 2. The molecule has 2 aliphatic rings. The Kier molecular flexibility index (Phi) is 7.02. The number of halogens is 3. The molecule has 2 fully saturated rings. The minimum Gasteiger partial charge on any atom is -0.338 e. The van der Waals surface area contributed by atoms with Crippen molar-refractivity contribution >= 4 is 11.8 Å². The van der Waals surface area contributed by atoms with E-state index >= 15 is 0 Å². The van der Waals surface area contributed by atoms with E-state index in [2.05, 4.69) is 4.90 Å². The first kappa shape index (κ1) is 23.3. The number of rotatable bonds is 5. The van der Waals surface area contributed by atoms with Crippen LogP contribution in [-0.4, -0.2) is 65.3 Å². The number of alkyl halides is 3. The van der Waals surface area contributed by atoms with Crippen LogP contribution in [0.2, 0.25) is 0 Å². The summed E-state index contributed by atoms with van der Waals surface area (Å²) >= 11 is 0. The molecule has 4 rings (SSSR count). The van der Waals surface area contributed by atoms with E-state index in [4.69, 9.17) is 0 Å². The van der Waals surface area contributed by atoms with Crippen LogP contribution in [0.15, 0.2) is 54.6 Å². The van der Waals surface area contributed by atoms with Gasteiger partial charge in [0.25, 0.3) is 0 Å². The maximum absolute atomic E-state index is 13.2. The fourth-order valence-electron chi connectivity index (χ4n) is 4.59. The molecular weight excluding hydrogens is 431 g/mol. The molecule has 0 bridgehead atoms. The Hall–Kier alpha value is -2.87. The Morgan fingerprint density at radius 2 is 1.52 bits per heavy atom. The van der Waals surface area contributed by atoms with Crippen LogP contribution in [0.1, 0.15) is 29.5 Å². The molecule has 0 aromatic heterocycles. The van der Waals surface area contributed by atoms with Crippen LogP contribution in [0, 0.1) is 0 Å². The number of amides is 2. The van der Waals surface area contributed by atoms with E-state index in [0.717, 1.165) is 29.7 Å². The van der Waals surface area contributed by atoms with Crippen LogP contribution in [-0.2, 0) is 28.7 Å². The molecule has 1 atom stereocenters. The molecule has 2 aromatic rings. The highest BCUT2D eigenvalue weighted by Crippen LogP contribution is 2.29. The van der Waals surface area contributed by atoms with E-state index in [1.807, 2.05) is 35.2 Å². The first-order chi connectivity index (χ1) is 15.8. The van der Waals surface area contributed by atoms with Crippen molar-refractivity contribution in [2.24, 2.45) is 0 Å². The number of likely N-dealkylation sites (tertiary alicyclic amines) is 1. The average Bonchev–Trinajstić information content (AvgIpc) is 3.30. The van der Waals surface area contributed by atoms with E-state index in [1.54, 1.807) is 4.90 Å². The van der Waals surface area contributed by atoms with Gasteiger partial charge in [0.2, 0.25) is 11.8 Å². The number of carbonyl (C=O) groups excluding carboxylic acids is 2. The number of hydrogen-bond acceptors (Lipinski definition) is 3. The molecule has 5 nitrogen and oxygen atoms in total. The zero-order valence-electron chi connectivity index (χ0n) is 18.4. The Labute approximate surface area is 191 Å². The van der Waals surface area contributed by atoms with Crippen LogP contribution in [0.5, 0.6) is 0 Å². The summed E-state index contributed by atoms with van der Waals surface area (Å²) in [6.07, 6.45) is -2.53. The van der Waals surface area contributed by atoms with Crippen molar-refractivity contribution in [1.82, 2.24) is 14.7 Å². The molecule has 0 radical (unpaired) electrons. The molecule has 0 saturated carbocycles. The number of nitrogens with zero attached hydrogens (tertiary/aromatic N) is 3. The highest BCUT2D eigenvalue weighted by atomic mass is 19.4. The third-order valence-electron chi connectivity index (χ3n) is 6.43. The molecule has 1 unspecified atom stereocenters. The lowest BCUT2D eigenvalue weighted by Gasteiger charge is -2.37. The zero-order valence-corrected chi connectivity index (χ0v) is 18.4. The van der Waals surface area contributed by atoms with Crippen LogP contribution in [0.3, 0.4) is 0 Å². The second kappa shape index (κ2) is 9.95. The summed E-state index contributed by atoms with van der Waals surface area (Å²) in [5.74, 6) is -0.0129. The molecule has 8 heteroatoms. The van der Waals surface area contributed by atoms with Gasteiger partial charge >= 0.3 is 6.18 Å². The molecule has 2 amide bonds. The largest absolute Gasteiger partial charge is 0.416 e. The second-order valence-electron chi connectivity index (χ2n) is 8.70. The summed E-state index contributed by atoms with van der Waals surface area (Å²) in [4.78, 5) is 31.7. The summed E-state index contributed by atoms with van der Waals surface area (Å²) in [5, 5.41) is 0. The first-order valence-corrected chi connectivity index (χ1v) is 11.3. The molecule has 176 valence electrons. The summed E-state index contributed by atoms with van der Waals surface area (Å²) in [6.45, 7) is 3.56. The number of piperazine rings is 1. The van der Waals surface area contributed by atoms with Crippen molar-refractivity contribution in [3.63, 3.8) is 0 Å². The number of benzene rings is 2. The lowest BCUT2D eigenvalue weighted by atomic mass is 10.1. The Morgan fingerprint density at radius 3 is 2.15 bits per heavy atom. The molecule has 0 aliphatic carbocycles. The summed E-state index contributed by atoms with van der Waals surface area (Å²) in [6, 6.07) is 14.4. The van der Waals surface area contributed by atoms with Crippen molar-refractivity contribution in [1.29, 1.82) is 0 Å². The maximum atomic E-state index is 13.2. The quantitative estimate of drug-likeness (QED) is 0.687. The van der Waals surface area contributed by atoms with E-state index in [9.17, 15) is 22.8 Å². The van der Waals surface area contributed by atoms with E-state index in [-0.39, 0.29) is 11.8 Å². The van der Waals surface area contributed by atoms with Gasteiger partial charge in [0.1, 0.15) is 6.04 Å². The van der Waals surface area contributed by atoms with E-state index < -0.39 is 17.8 Å². The summed E-state index contributed by atoms with van der Waals surface area (Å²) < 4.78 is 38.2. The molecule has 0 N–H and O–H groups in total. The van der Waals surface area contributed by atoms with E-state index in [1.165, 1.54) is 12.1 Å². The standard InChI is InChI=1S/C25H28F3N3O2/c26-25(27,28)21-10-8-20(9-11-21)18-29-13-15-30(16-14-29)24(33)22-7-4-12-31(22)23(32)17-19-5-2-1-3-6-19/h1-3,5-6,8-11,22H,4,7,12-18H2. The van der Waals surface area contributed by atoms with Gasteiger partial charge in [-0.15, -0.1) is 0 Å². The fraction of sp³-hybridized carbons (Fsp3) is 0.440. The molecule has 2 saturated heterocycles. The van der Waals surface area contributed by atoms with E-state index in [0.29, 0.717) is 52.1 Å². The lowest BCUT2D eigenvalue weighted by Crippen LogP contribution is -2.54. The SMILES string of the molecule is O=C(C1CCCN1C(=O)Cc1ccccc1)N1CCN(Cc2ccc(C(F)(F)F)cc2)CC1. The van der Waals surface area contributed by atoms with Crippen molar-refractivity contribution in [3.05, 3.63) is 71.3 Å². The molecule has 33 heavy (non-hydrogen) atoms. The highest BCUT2D eigenvalue weighted by Gasteiger charge is 2.37. The van der Waals surface area contributed by atoms with Crippen molar-refractivity contribution < 1.29 is 22.8 Å². The zero-order chi connectivity index (χ0) is 23.4. The monoisotopic (exact) mass is 459 g/mol. The van der Waals surface area contributed by atoms with Crippen molar-refractivity contribution in [2.75, 3.05) is 32.7 Å². The summed E-state index contributed by atoms with van der Waals surface area (Å²) in [5.41, 5.74) is 1.11. The van der Waals surface area contributed by atoms with Crippen LogP contribution >= 0.6 is 0 Å². The molecule has 2 aliphatic heterocycles. The molecule has 2 aromatic carbocycles. The maximum Gasteiger partial charge on any atom is 0.416 e. The predicted molar refractivity (Wildman–Crippen MR) is 118 cm³/mol. The van der Waals surface area contributed by atoms with Crippen LogP contribution in [0.4, 0.5) is 13.2 Å². The third kappa shape index (κ3) is 5.74. The van der Waals surface area contributed by atoms with Gasteiger partial charge in [-0.1, -0.05) is 42.5 Å². The minimum atomic E-state index is -4.33. The lowest BCUT2D eigenvalue weighted by molar-refractivity contribution is -0.144. The average molecular weight is 460 g/mol. The van der Waals surface area contributed by atoms with Gasteiger partial charge in [-0.3, -0.25) is 14.5 Å². The second-order valence-corrected chi connectivity index (χ2v) is 8.70.